The van der Waals surface area contributed by atoms with Crippen molar-refractivity contribution in [2.45, 2.75) is 31.0 Å². The third-order valence-electron chi connectivity index (χ3n) is 2.50. The summed E-state index contributed by atoms with van der Waals surface area (Å²) < 4.78 is 0. The molecular formula is C13H17N3OS. The van der Waals surface area contributed by atoms with E-state index in [2.05, 4.69) is 11.1 Å². The highest BCUT2D eigenvalue weighted by molar-refractivity contribution is 8.00. The number of aromatic nitrogens is 1. The molecule has 4 nitrogen and oxygen atoms in total. The Morgan fingerprint density at radius 1 is 1.50 bits per heavy atom. The average Bonchev–Trinajstić information content (AvgIpc) is 2.27. The van der Waals surface area contributed by atoms with Gasteiger partial charge in [-0.2, -0.15) is 5.26 Å². The molecule has 0 bridgehead atoms. The van der Waals surface area contributed by atoms with Crippen molar-refractivity contribution in [2.75, 3.05) is 14.1 Å². The Morgan fingerprint density at radius 3 is 2.61 bits per heavy atom. The first-order valence-electron chi connectivity index (χ1n) is 5.63. The van der Waals surface area contributed by atoms with E-state index in [1.165, 1.54) is 11.8 Å². The first kappa shape index (κ1) is 14.5. The molecule has 5 heteroatoms. The molecule has 0 spiro atoms. The van der Waals surface area contributed by atoms with E-state index in [9.17, 15) is 4.79 Å². The molecule has 0 aliphatic carbocycles. The first-order chi connectivity index (χ1) is 8.36. The van der Waals surface area contributed by atoms with Crippen LogP contribution in [-0.2, 0) is 4.79 Å². The number of pyridine rings is 1. The number of carbonyl (C=O) groups is 1. The Morgan fingerprint density at radius 2 is 2.11 bits per heavy atom. The number of rotatable bonds is 3. The number of hydrogen-bond donors (Lipinski definition) is 0. The number of carbonyl (C=O) groups excluding carboxylic acids is 1. The summed E-state index contributed by atoms with van der Waals surface area (Å²) in [6.07, 6.45) is 0. The summed E-state index contributed by atoms with van der Waals surface area (Å²) in [7, 11) is 3.44. The van der Waals surface area contributed by atoms with Crippen molar-refractivity contribution in [1.82, 2.24) is 9.88 Å². The standard InChI is InChI=1S/C13H17N3OS/c1-8-6-9(2)15-12(11(8)7-14)18-10(3)13(17)16(4)5/h6,10H,1-5H3. The van der Waals surface area contributed by atoms with Crippen LogP contribution in [0.1, 0.15) is 23.7 Å². The number of nitrogens with zero attached hydrogens (tertiary/aromatic N) is 3. The SMILES string of the molecule is Cc1cc(C)c(C#N)c(SC(C)C(=O)N(C)C)n1. The maximum atomic E-state index is 11.8. The van der Waals surface area contributed by atoms with Crippen LogP contribution in [0.5, 0.6) is 0 Å². The Kier molecular flexibility index (Phi) is 4.74. The highest BCUT2D eigenvalue weighted by Gasteiger charge is 2.19. The summed E-state index contributed by atoms with van der Waals surface area (Å²) in [5.41, 5.74) is 2.32. The van der Waals surface area contributed by atoms with Gasteiger partial charge in [0, 0.05) is 19.8 Å². The maximum Gasteiger partial charge on any atom is 0.235 e. The normalized spacial score (nSPS) is 11.8. The molecule has 0 aromatic carbocycles. The first-order valence-corrected chi connectivity index (χ1v) is 6.51. The van der Waals surface area contributed by atoms with Crippen molar-refractivity contribution in [3.05, 3.63) is 22.9 Å². The largest absolute Gasteiger partial charge is 0.348 e. The van der Waals surface area contributed by atoms with Gasteiger partial charge in [0.2, 0.25) is 5.91 Å². The van der Waals surface area contributed by atoms with Crippen LogP contribution in [0.15, 0.2) is 11.1 Å². The lowest BCUT2D eigenvalue weighted by atomic mass is 10.1. The number of nitriles is 1. The van der Waals surface area contributed by atoms with Crippen molar-refractivity contribution < 1.29 is 4.79 Å². The van der Waals surface area contributed by atoms with Crippen molar-refractivity contribution in [3.8, 4) is 6.07 Å². The maximum absolute atomic E-state index is 11.8. The van der Waals surface area contributed by atoms with E-state index < -0.39 is 0 Å². The van der Waals surface area contributed by atoms with E-state index in [1.807, 2.05) is 26.8 Å². The molecular weight excluding hydrogens is 246 g/mol. The zero-order valence-electron chi connectivity index (χ0n) is 11.3. The van der Waals surface area contributed by atoms with Gasteiger partial charge in [0.05, 0.1) is 10.8 Å². The summed E-state index contributed by atoms with van der Waals surface area (Å²) >= 11 is 1.33. The Hall–Kier alpha value is -1.54. The quantitative estimate of drug-likeness (QED) is 0.784. The van der Waals surface area contributed by atoms with Crippen LogP contribution in [0.4, 0.5) is 0 Å². The average molecular weight is 263 g/mol. The molecule has 1 unspecified atom stereocenters. The summed E-state index contributed by atoms with van der Waals surface area (Å²) in [6.45, 7) is 5.60. The number of aryl methyl sites for hydroxylation is 2. The molecule has 0 aliphatic rings. The molecule has 0 saturated carbocycles. The van der Waals surface area contributed by atoms with Crippen LogP contribution >= 0.6 is 11.8 Å². The van der Waals surface area contributed by atoms with E-state index >= 15 is 0 Å². The van der Waals surface area contributed by atoms with Crippen LogP contribution in [0.2, 0.25) is 0 Å². The number of amides is 1. The van der Waals surface area contributed by atoms with Crippen molar-refractivity contribution in [1.29, 1.82) is 5.26 Å². The van der Waals surface area contributed by atoms with Crippen molar-refractivity contribution >= 4 is 17.7 Å². The second-order valence-corrected chi connectivity index (χ2v) is 5.69. The van der Waals surface area contributed by atoms with Gasteiger partial charge >= 0.3 is 0 Å². The van der Waals surface area contributed by atoms with Gasteiger partial charge in [0.25, 0.3) is 0 Å². The number of thioether (sulfide) groups is 1. The second-order valence-electron chi connectivity index (χ2n) is 4.37. The molecule has 0 aliphatic heterocycles. The van der Waals surface area contributed by atoms with Gasteiger partial charge in [-0.3, -0.25) is 4.79 Å². The molecule has 96 valence electrons. The van der Waals surface area contributed by atoms with E-state index in [-0.39, 0.29) is 11.2 Å². The van der Waals surface area contributed by atoms with E-state index in [1.54, 1.807) is 19.0 Å². The fraction of sp³-hybridized carbons (Fsp3) is 0.462. The molecule has 0 fully saturated rings. The lowest BCUT2D eigenvalue weighted by molar-refractivity contribution is -0.127. The molecule has 1 aromatic heterocycles. The van der Waals surface area contributed by atoms with Gasteiger partial charge in [0.15, 0.2) is 0 Å². The molecule has 0 radical (unpaired) electrons. The van der Waals surface area contributed by atoms with Crippen LogP contribution in [0, 0.1) is 25.2 Å². The molecule has 1 heterocycles. The fourth-order valence-electron chi connectivity index (χ4n) is 1.61. The summed E-state index contributed by atoms with van der Waals surface area (Å²) in [4.78, 5) is 17.7. The smallest absolute Gasteiger partial charge is 0.235 e. The molecule has 1 rings (SSSR count). The molecule has 18 heavy (non-hydrogen) atoms. The van der Waals surface area contributed by atoms with Gasteiger partial charge in [-0.1, -0.05) is 11.8 Å². The zero-order valence-corrected chi connectivity index (χ0v) is 12.1. The zero-order chi connectivity index (χ0) is 13.9. The lowest BCUT2D eigenvalue weighted by Crippen LogP contribution is -2.29. The van der Waals surface area contributed by atoms with Crippen LogP contribution in [0.3, 0.4) is 0 Å². The van der Waals surface area contributed by atoms with Crippen LogP contribution < -0.4 is 0 Å². The van der Waals surface area contributed by atoms with Gasteiger partial charge in [0.1, 0.15) is 11.1 Å². The monoisotopic (exact) mass is 263 g/mol. The van der Waals surface area contributed by atoms with E-state index in [0.717, 1.165) is 11.3 Å². The minimum atomic E-state index is -0.249. The highest BCUT2D eigenvalue weighted by Crippen LogP contribution is 2.27. The Balaban J connectivity index is 3.05. The fourth-order valence-corrected chi connectivity index (χ4v) is 2.77. The summed E-state index contributed by atoms with van der Waals surface area (Å²) in [5.74, 6) is 0.0184. The number of hydrogen-bond acceptors (Lipinski definition) is 4. The highest BCUT2D eigenvalue weighted by atomic mass is 32.2. The molecule has 0 saturated heterocycles. The van der Waals surface area contributed by atoms with Crippen molar-refractivity contribution in [3.63, 3.8) is 0 Å². The van der Waals surface area contributed by atoms with E-state index in [4.69, 9.17) is 5.26 Å². The van der Waals surface area contributed by atoms with Crippen molar-refractivity contribution in [2.24, 2.45) is 0 Å². The van der Waals surface area contributed by atoms with E-state index in [0.29, 0.717) is 10.6 Å². The molecule has 0 N–H and O–H groups in total. The minimum Gasteiger partial charge on any atom is -0.348 e. The molecule has 1 aromatic rings. The Labute approximate surface area is 112 Å². The van der Waals surface area contributed by atoms with Crippen LogP contribution in [-0.4, -0.2) is 35.1 Å². The van der Waals surface area contributed by atoms with Gasteiger partial charge < -0.3 is 4.90 Å². The Bertz CT molecular complexity index is 506. The lowest BCUT2D eigenvalue weighted by Gasteiger charge is -2.17. The molecule has 1 amide bonds. The third-order valence-corrected chi connectivity index (χ3v) is 3.57. The minimum absolute atomic E-state index is 0.0184. The second kappa shape index (κ2) is 5.87. The summed E-state index contributed by atoms with van der Waals surface area (Å²) in [6, 6.07) is 4.03. The molecule has 1 atom stereocenters. The predicted molar refractivity (Wildman–Crippen MR) is 72.4 cm³/mol. The topological polar surface area (TPSA) is 57.0 Å². The summed E-state index contributed by atoms with van der Waals surface area (Å²) in [5, 5.41) is 9.54. The van der Waals surface area contributed by atoms with Gasteiger partial charge in [-0.05, 0) is 32.4 Å². The third kappa shape index (κ3) is 3.23. The van der Waals surface area contributed by atoms with Gasteiger partial charge in [-0.25, -0.2) is 4.98 Å². The van der Waals surface area contributed by atoms with Crippen LogP contribution in [0.25, 0.3) is 0 Å². The van der Waals surface area contributed by atoms with Gasteiger partial charge in [-0.15, -0.1) is 0 Å². The predicted octanol–water partition coefficient (Wildman–Crippen LogP) is 2.14.